The summed E-state index contributed by atoms with van der Waals surface area (Å²) in [5.41, 5.74) is 5.56. The third kappa shape index (κ3) is 5.79. The molecule has 0 bridgehead atoms. The minimum absolute atomic E-state index is 0.139. The largest absolute Gasteiger partial charge is 0.346 e. The summed E-state index contributed by atoms with van der Waals surface area (Å²) in [6.45, 7) is 7.92. The summed E-state index contributed by atoms with van der Waals surface area (Å²) in [5.74, 6) is -0.732. The molecule has 0 heterocycles. The van der Waals surface area contributed by atoms with Crippen molar-refractivity contribution in [2.75, 3.05) is 10.6 Å². The Labute approximate surface area is 195 Å². The Hall–Kier alpha value is -3.19. The van der Waals surface area contributed by atoms with E-state index in [4.69, 9.17) is 0 Å². The van der Waals surface area contributed by atoms with Crippen molar-refractivity contribution in [3.8, 4) is 0 Å². The normalized spacial score (nSPS) is 12.3. The molecule has 33 heavy (non-hydrogen) atoms. The number of rotatable bonds is 7. The number of hydrogen-bond acceptors (Lipinski definition) is 3. The van der Waals surface area contributed by atoms with Crippen molar-refractivity contribution in [2.24, 2.45) is 0 Å². The first-order valence-corrected chi connectivity index (χ1v) is 12.5. The van der Waals surface area contributed by atoms with Gasteiger partial charge in [0, 0.05) is 11.1 Å². The van der Waals surface area contributed by atoms with Crippen LogP contribution in [0.2, 0.25) is 0 Å². The highest BCUT2D eigenvalue weighted by atomic mass is 32.2. The zero-order valence-corrected chi connectivity index (χ0v) is 20.3. The van der Waals surface area contributed by atoms with Crippen LogP contribution < -0.4 is 9.62 Å². The summed E-state index contributed by atoms with van der Waals surface area (Å²) in [6, 6.07) is 16.3. The predicted octanol–water partition coefficient (Wildman–Crippen LogP) is 5.21. The first-order valence-electron chi connectivity index (χ1n) is 10.7. The molecule has 0 aromatic heterocycles. The minimum atomic E-state index is -3.67. The van der Waals surface area contributed by atoms with Crippen molar-refractivity contribution >= 4 is 21.6 Å². The highest BCUT2D eigenvalue weighted by Gasteiger charge is 2.20. The Kier molecular flexibility index (Phi) is 7.22. The standard InChI is InChI=1S/C26H29FN2O3S/c1-17-14-19(3)24(15-18(17)2)20(4)28-26(30)21-10-12-23(13-11-21)29(33(5,31)32)16-22-8-6-7-9-25(22)27/h6-15,20H,16H2,1-5H3,(H,28,30). The number of carbonyl (C=O) groups excluding carboxylic acids is 1. The van der Waals surface area contributed by atoms with Crippen LogP contribution >= 0.6 is 0 Å². The molecular weight excluding hydrogens is 439 g/mol. The van der Waals surface area contributed by atoms with Crippen LogP contribution in [0, 0.1) is 26.6 Å². The number of halogens is 1. The zero-order valence-electron chi connectivity index (χ0n) is 19.5. The van der Waals surface area contributed by atoms with Crippen molar-refractivity contribution in [1.82, 2.24) is 5.32 Å². The summed E-state index contributed by atoms with van der Waals surface area (Å²) in [4.78, 5) is 12.8. The molecule has 3 rings (SSSR count). The summed E-state index contributed by atoms with van der Waals surface area (Å²) >= 11 is 0. The van der Waals surface area contributed by atoms with Crippen LogP contribution in [-0.2, 0) is 16.6 Å². The SMILES string of the molecule is Cc1cc(C)c(C(C)NC(=O)c2ccc(N(Cc3ccccc3F)S(C)(=O)=O)cc2)cc1C. The maximum atomic E-state index is 14.1. The number of nitrogens with one attached hydrogen (secondary N) is 1. The molecule has 0 fully saturated rings. The van der Waals surface area contributed by atoms with E-state index in [-0.39, 0.29) is 24.1 Å². The molecule has 1 atom stereocenters. The minimum Gasteiger partial charge on any atom is -0.346 e. The van der Waals surface area contributed by atoms with Gasteiger partial charge in [-0.3, -0.25) is 9.10 Å². The number of hydrogen-bond donors (Lipinski definition) is 1. The number of nitrogens with zero attached hydrogens (tertiary/aromatic N) is 1. The van der Waals surface area contributed by atoms with Gasteiger partial charge in [0.15, 0.2) is 0 Å². The first kappa shape index (κ1) is 24.5. The molecule has 1 N–H and O–H groups in total. The molecule has 0 aliphatic heterocycles. The van der Waals surface area contributed by atoms with E-state index in [9.17, 15) is 17.6 Å². The van der Waals surface area contributed by atoms with E-state index in [1.54, 1.807) is 42.5 Å². The van der Waals surface area contributed by atoms with E-state index in [2.05, 4.69) is 24.4 Å². The fourth-order valence-electron chi connectivity index (χ4n) is 3.77. The number of aryl methyl sites for hydroxylation is 3. The van der Waals surface area contributed by atoms with E-state index < -0.39 is 15.8 Å². The highest BCUT2D eigenvalue weighted by molar-refractivity contribution is 7.92. The Balaban J connectivity index is 1.79. The molecule has 0 saturated heterocycles. The van der Waals surface area contributed by atoms with E-state index >= 15 is 0 Å². The van der Waals surface area contributed by atoms with Crippen LogP contribution in [0.15, 0.2) is 60.7 Å². The van der Waals surface area contributed by atoms with Gasteiger partial charge in [0.25, 0.3) is 5.91 Å². The molecule has 0 radical (unpaired) electrons. The van der Waals surface area contributed by atoms with Gasteiger partial charge in [0.05, 0.1) is 24.5 Å². The van der Waals surface area contributed by atoms with Gasteiger partial charge in [-0.1, -0.05) is 30.3 Å². The Morgan fingerprint density at radius 1 is 0.970 bits per heavy atom. The van der Waals surface area contributed by atoms with Crippen molar-refractivity contribution in [3.05, 3.63) is 99.9 Å². The monoisotopic (exact) mass is 468 g/mol. The topological polar surface area (TPSA) is 66.5 Å². The molecule has 0 aliphatic carbocycles. The summed E-state index contributed by atoms with van der Waals surface area (Å²) < 4.78 is 40.0. The third-order valence-corrected chi connectivity index (χ3v) is 6.93. The molecule has 7 heteroatoms. The van der Waals surface area contributed by atoms with E-state index in [0.717, 1.165) is 27.3 Å². The fraction of sp³-hybridized carbons (Fsp3) is 0.269. The van der Waals surface area contributed by atoms with Gasteiger partial charge in [-0.05, 0) is 80.3 Å². The van der Waals surface area contributed by atoms with Crippen LogP contribution in [0.4, 0.5) is 10.1 Å². The third-order valence-electron chi connectivity index (χ3n) is 5.79. The molecule has 1 unspecified atom stereocenters. The van der Waals surface area contributed by atoms with Gasteiger partial charge in [-0.25, -0.2) is 12.8 Å². The molecule has 5 nitrogen and oxygen atoms in total. The summed E-state index contributed by atoms with van der Waals surface area (Å²) in [6.07, 6.45) is 1.07. The second-order valence-electron chi connectivity index (χ2n) is 8.40. The number of carbonyl (C=O) groups is 1. The molecule has 1 amide bonds. The van der Waals surface area contributed by atoms with Gasteiger partial charge < -0.3 is 5.32 Å². The van der Waals surface area contributed by atoms with Crippen molar-refractivity contribution in [3.63, 3.8) is 0 Å². The molecule has 174 valence electrons. The van der Waals surface area contributed by atoms with Gasteiger partial charge in [-0.15, -0.1) is 0 Å². The van der Waals surface area contributed by atoms with Crippen LogP contribution in [0.3, 0.4) is 0 Å². The molecular formula is C26H29FN2O3S. The van der Waals surface area contributed by atoms with Gasteiger partial charge in [0.2, 0.25) is 10.0 Å². The van der Waals surface area contributed by atoms with Crippen LogP contribution in [0.1, 0.15) is 51.1 Å². The summed E-state index contributed by atoms with van der Waals surface area (Å²) in [5, 5.41) is 3.01. The van der Waals surface area contributed by atoms with Crippen LogP contribution in [0.5, 0.6) is 0 Å². The summed E-state index contributed by atoms with van der Waals surface area (Å²) in [7, 11) is -3.67. The van der Waals surface area contributed by atoms with Crippen LogP contribution in [0.25, 0.3) is 0 Å². The average molecular weight is 469 g/mol. The second-order valence-corrected chi connectivity index (χ2v) is 10.3. The lowest BCUT2D eigenvalue weighted by Crippen LogP contribution is -2.30. The van der Waals surface area contributed by atoms with Gasteiger partial charge >= 0.3 is 0 Å². The van der Waals surface area contributed by atoms with Crippen LogP contribution in [-0.4, -0.2) is 20.6 Å². The molecule has 3 aromatic rings. The fourth-order valence-corrected chi connectivity index (χ4v) is 4.65. The van der Waals surface area contributed by atoms with Crippen molar-refractivity contribution in [1.29, 1.82) is 0 Å². The maximum Gasteiger partial charge on any atom is 0.251 e. The number of sulfonamides is 1. The second kappa shape index (κ2) is 9.75. The Morgan fingerprint density at radius 2 is 1.58 bits per heavy atom. The number of amides is 1. The van der Waals surface area contributed by atoms with E-state index in [0.29, 0.717) is 11.3 Å². The van der Waals surface area contributed by atoms with Crippen molar-refractivity contribution < 1.29 is 17.6 Å². The number of benzene rings is 3. The Bertz CT molecular complexity index is 1270. The van der Waals surface area contributed by atoms with E-state index in [1.165, 1.54) is 11.6 Å². The lowest BCUT2D eigenvalue weighted by Gasteiger charge is -2.23. The number of anilines is 1. The van der Waals surface area contributed by atoms with E-state index in [1.807, 2.05) is 20.8 Å². The van der Waals surface area contributed by atoms with Gasteiger partial charge in [-0.2, -0.15) is 0 Å². The lowest BCUT2D eigenvalue weighted by atomic mass is 9.96. The smallest absolute Gasteiger partial charge is 0.251 e. The Morgan fingerprint density at radius 3 is 2.18 bits per heavy atom. The first-order chi connectivity index (χ1) is 15.5. The maximum absolute atomic E-state index is 14.1. The molecule has 0 spiro atoms. The molecule has 3 aromatic carbocycles. The molecule has 0 saturated carbocycles. The average Bonchev–Trinajstić information content (AvgIpc) is 2.75. The lowest BCUT2D eigenvalue weighted by molar-refractivity contribution is 0.0940. The van der Waals surface area contributed by atoms with Crippen molar-refractivity contribution in [2.45, 2.75) is 40.3 Å². The van der Waals surface area contributed by atoms with Gasteiger partial charge in [0.1, 0.15) is 5.82 Å². The quantitative estimate of drug-likeness (QED) is 0.518. The zero-order chi connectivity index (χ0) is 24.3. The molecule has 0 aliphatic rings. The predicted molar refractivity (Wildman–Crippen MR) is 130 cm³/mol. The highest BCUT2D eigenvalue weighted by Crippen LogP contribution is 2.24.